The summed E-state index contributed by atoms with van der Waals surface area (Å²) in [5.74, 6) is 0. The zero-order valence-corrected chi connectivity index (χ0v) is 9.90. The third-order valence-electron chi connectivity index (χ3n) is 2.12. The molecule has 0 aliphatic heterocycles. The lowest BCUT2D eigenvalue weighted by Crippen LogP contribution is -2.28. The Kier molecular flexibility index (Phi) is 4.58. The molecule has 0 saturated carbocycles. The summed E-state index contributed by atoms with van der Waals surface area (Å²) in [4.78, 5) is 2.71. The van der Waals surface area contributed by atoms with Crippen molar-refractivity contribution in [1.29, 1.82) is 0 Å². The minimum absolute atomic E-state index is 0.220. The van der Waals surface area contributed by atoms with Crippen LogP contribution in [0.3, 0.4) is 0 Å². The summed E-state index contributed by atoms with van der Waals surface area (Å²) in [5, 5.41) is 12.6. The van der Waals surface area contributed by atoms with Gasteiger partial charge >= 0.3 is 0 Å². The van der Waals surface area contributed by atoms with E-state index < -0.39 is 0 Å². The minimum Gasteiger partial charge on any atom is -0.393 e. The van der Waals surface area contributed by atoms with E-state index in [1.165, 1.54) is 9.75 Å². The van der Waals surface area contributed by atoms with Crippen molar-refractivity contribution in [2.45, 2.75) is 45.9 Å². The average molecular weight is 213 g/mol. The number of aliphatic hydroxyl groups is 1. The Morgan fingerprint density at radius 3 is 2.64 bits per heavy atom. The third-order valence-corrected chi connectivity index (χ3v) is 3.12. The Labute approximate surface area is 90.0 Å². The summed E-state index contributed by atoms with van der Waals surface area (Å²) >= 11 is 1.82. The molecule has 2 N–H and O–H groups in total. The predicted molar refractivity (Wildman–Crippen MR) is 61.7 cm³/mol. The first-order valence-corrected chi connectivity index (χ1v) is 5.86. The van der Waals surface area contributed by atoms with Gasteiger partial charge in [0.25, 0.3) is 0 Å². The van der Waals surface area contributed by atoms with Crippen LogP contribution in [0.1, 0.15) is 30.0 Å². The van der Waals surface area contributed by atoms with Gasteiger partial charge in [-0.2, -0.15) is 0 Å². The highest BCUT2D eigenvalue weighted by Gasteiger charge is 2.05. The Morgan fingerprint density at radius 2 is 2.14 bits per heavy atom. The van der Waals surface area contributed by atoms with Crippen LogP contribution in [-0.2, 0) is 6.54 Å². The molecule has 0 fully saturated rings. The van der Waals surface area contributed by atoms with E-state index in [-0.39, 0.29) is 6.10 Å². The first-order chi connectivity index (χ1) is 6.58. The molecule has 0 saturated heterocycles. The van der Waals surface area contributed by atoms with Crippen LogP contribution in [0.15, 0.2) is 12.1 Å². The van der Waals surface area contributed by atoms with Crippen molar-refractivity contribution in [2.24, 2.45) is 0 Å². The van der Waals surface area contributed by atoms with E-state index in [0.717, 1.165) is 13.0 Å². The standard InChI is InChI=1S/C11H19NOS/c1-8(6-9(2)13)12-7-11-5-4-10(3)14-11/h4-5,8-9,12-13H,6-7H2,1-3H3/t8-,9+/m1/s1. The topological polar surface area (TPSA) is 32.3 Å². The number of hydrogen-bond donors (Lipinski definition) is 2. The molecule has 0 radical (unpaired) electrons. The normalized spacial score (nSPS) is 15.4. The molecule has 2 atom stereocenters. The zero-order chi connectivity index (χ0) is 10.6. The number of aryl methyl sites for hydroxylation is 1. The van der Waals surface area contributed by atoms with E-state index in [2.05, 4.69) is 31.3 Å². The van der Waals surface area contributed by atoms with Crippen LogP contribution >= 0.6 is 11.3 Å². The number of hydrogen-bond acceptors (Lipinski definition) is 3. The van der Waals surface area contributed by atoms with E-state index in [0.29, 0.717) is 6.04 Å². The largest absolute Gasteiger partial charge is 0.393 e. The fourth-order valence-electron chi connectivity index (χ4n) is 1.45. The van der Waals surface area contributed by atoms with E-state index in [9.17, 15) is 5.11 Å². The molecule has 0 bridgehead atoms. The molecular weight excluding hydrogens is 194 g/mol. The molecule has 0 spiro atoms. The van der Waals surface area contributed by atoms with Crippen molar-refractivity contribution in [2.75, 3.05) is 0 Å². The van der Waals surface area contributed by atoms with Crippen molar-refractivity contribution in [1.82, 2.24) is 5.32 Å². The van der Waals surface area contributed by atoms with Crippen LogP contribution in [0.25, 0.3) is 0 Å². The van der Waals surface area contributed by atoms with E-state index in [1.54, 1.807) is 0 Å². The molecule has 0 aliphatic carbocycles. The average Bonchev–Trinajstić information content (AvgIpc) is 2.47. The molecule has 1 aromatic heterocycles. The number of aliphatic hydroxyl groups excluding tert-OH is 1. The number of nitrogens with one attached hydrogen (secondary N) is 1. The van der Waals surface area contributed by atoms with Crippen LogP contribution in [0.2, 0.25) is 0 Å². The third kappa shape index (κ3) is 4.22. The second-order valence-electron chi connectivity index (χ2n) is 3.88. The lowest BCUT2D eigenvalue weighted by molar-refractivity contribution is 0.170. The van der Waals surface area contributed by atoms with Gasteiger partial charge in [-0.3, -0.25) is 0 Å². The molecule has 0 aromatic carbocycles. The highest BCUT2D eigenvalue weighted by molar-refractivity contribution is 7.11. The van der Waals surface area contributed by atoms with Gasteiger partial charge in [-0.1, -0.05) is 0 Å². The molecular formula is C11H19NOS. The summed E-state index contributed by atoms with van der Waals surface area (Å²) in [6, 6.07) is 4.67. The predicted octanol–water partition coefficient (Wildman–Crippen LogP) is 2.31. The van der Waals surface area contributed by atoms with Crippen LogP contribution in [0.5, 0.6) is 0 Å². The Morgan fingerprint density at radius 1 is 1.43 bits per heavy atom. The Hall–Kier alpha value is -0.380. The molecule has 0 unspecified atom stereocenters. The van der Waals surface area contributed by atoms with Gasteiger partial charge in [0, 0.05) is 22.3 Å². The molecule has 1 aromatic rings. The molecule has 0 amide bonds. The number of rotatable bonds is 5. The monoisotopic (exact) mass is 213 g/mol. The van der Waals surface area contributed by atoms with Gasteiger partial charge in [-0.05, 0) is 39.3 Å². The summed E-state index contributed by atoms with van der Waals surface area (Å²) in [7, 11) is 0. The second kappa shape index (κ2) is 5.49. The van der Waals surface area contributed by atoms with Gasteiger partial charge < -0.3 is 10.4 Å². The smallest absolute Gasteiger partial charge is 0.0526 e. The summed E-state index contributed by atoms with van der Waals surface area (Å²) in [6.07, 6.45) is 0.590. The van der Waals surface area contributed by atoms with Gasteiger partial charge in [-0.15, -0.1) is 11.3 Å². The van der Waals surface area contributed by atoms with Crippen molar-refractivity contribution in [3.63, 3.8) is 0 Å². The summed E-state index contributed by atoms with van der Waals surface area (Å²) in [6.45, 7) is 6.96. The van der Waals surface area contributed by atoms with Gasteiger partial charge in [0.05, 0.1) is 6.10 Å². The van der Waals surface area contributed by atoms with Gasteiger partial charge in [0.1, 0.15) is 0 Å². The fourth-order valence-corrected chi connectivity index (χ4v) is 2.29. The highest BCUT2D eigenvalue weighted by atomic mass is 32.1. The maximum atomic E-state index is 9.19. The van der Waals surface area contributed by atoms with Gasteiger partial charge in [-0.25, -0.2) is 0 Å². The SMILES string of the molecule is Cc1ccc(CN[C@H](C)C[C@H](C)O)s1. The van der Waals surface area contributed by atoms with E-state index >= 15 is 0 Å². The fraction of sp³-hybridized carbons (Fsp3) is 0.636. The molecule has 2 nitrogen and oxygen atoms in total. The van der Waals surface area contributed by atoms with Crippen LogP contribution in [0, 0.1) is 6.92 Å². The molecule has 3 heteroatoms. The van der Waals surface area contributed by atoms with Crippen LogP contribution in [0.4, 0.5) is 0 Å². The zero-order valence-electron chi connectivity index (χ0n) is 9.08. The minimum atomic E-state index is -0.220. The second-order valence-corrected chi connectivity index (χ2v) is 5.25. The summed E-state index contributed by atoms with van der Waals surface area (Å²) in [5.41, 5.74) is 0. The van der Waals surface area contributed by atoms with Crippen LogP contribution in [-0.4, -0.2) is 17.3 Å². The molecule has 14 heavy (non-hydrogen) atoms. The number of thiophene rings is 1. The maximum Gasteiger partial charge on any atom is 0.0526 e. The van der Waals surface area contributed by atoms with Gasteiger partial charge in [0.2, 0.25) is 0 Å². The molecule has 80 valence electrons. The maximum absolute atomic E-state index is 9.19. The first-order valence-electron chi connectivity index (χ1n) is 5.04. The first kappa shape index (κ1) is 11.7. The molecule has 1 rings (SSSR count). The van der Waals surface area contributed by atoms with Crippen molar-refractivity contribution < 1.29 is 5.11 Å². The Bertz CT molecular complexity index is 270. The lowest BCUT2D eigenvalue weighted by Gasteiger charge is -2.14. The van der Waals surface area contributed by atoms with Crippen LogP contribution < -0.4 is 5.32 Å². The lowest BCUT2D eigenvalue weighted by atomic mass is 10.1. The quantitative estimate of drug-likeness (QED) is 0.786. The highest BCUT2D eigenvalue weighted by Crippen LogP contribution is 2.14. The molecule has 1 heterocycles. The Balaban J connectivity index is 2.26. The summed E-state index contributed by atoms with van der Waals surface area (Å²) < 4.78 is 0. The van der Waals surface area contributed by atoms with Crippen molar-refractivity contribution in [3.05, 3.63) is 21.9 Å². The van der Waals surface area contributed by atoms with E-state index in [4.69, 9.17) is 0 Å². The van der Waals surface area contributed by atoms with Crippen molar-refractivity contribution in [3.8, 4) is 0 Å². The van der Waals surface area contributed by atoms with E-state index in [1.807, 2.05) is 18.3 Å². The van der Waals surface area contributed by atoms with Gasteiger partial charge in [0.15, 0.2) is 0 Å². The van der Waals surface area contributed by atoms with Crippen molar-refractivity contribution >= 4 is 11.3 Å². The molecule has 0 aliphatic rings.